The van der Waals surface area contributed by atoms with Gasteiger partial charge >= 0.3 is 0 Å². The topological polar surface area (TPSA) is 59.0 Å². The summed E-state index contributed by atoms with van der Waals surface area (Å²) in [5, 5.41) is 10.4. The van der Waals surface area contributed by atoms with Gasteiger partial charge < -0.3 is 10.6 Å². The summed E-state index contributed by atoms with van der Waals surface area (Å²) in [7, 11) is 1.87. The highest BCUT2D eigenvalue weighted by Crippen LogP contribution is 2.19. The van der Waals surface area contributed by atoms with Crippen LogP contribution in [0.15, 0.2) is 6.20 Å². The number of hydrogen-bond acceptors (Lipinski definition) is 3. The van der Waals surface area contributed by atoms with Gasteiger partial charge in [0.15, 0.2) is 0 Å². The molecule has 16 heavy (non-hydrogen) atoms. The van der Waals surface area contributed by atoms with E-state index in [1.54, 1.807) is 4.68 Å². The fourth-order valence-electron chi connectivity index (χ4n) is 1.59. The molecule has 0 bridgehead atoms. The third kappa shape index (κ3) is 2.53. The lowest BCUT2D eigenvalue weighted by Crippen LogP contribution is -2.38. The molecule has 5 heteroatoms. The van der Waals surface area contributed by atoms with Crippen LogP contribution in [0.3, 0.4) is 0 Å². The van der Waals surface area contributed by atoms with E-state index in [-0.39, 0.29) is 11.9 Å². The van der Waals surface area contributed by atoms with Crippen LogP contribution in [0, 0.1) is 6.92 Å². The SMILES string of the molecule is Cc1nn(C)cc1NC(C)C(=O)NC1CC1. The number of rotatable bonds is 4. The zero-order chi connectivity index (χ0) is 11.7. The Balaban J connectivity index is 1.92. The Kier molecular flexibility index (Phi) is 2.85. The molecule has 1 saturated carbocycles. The summed E-state index contributed by atoms with van der Waals surface area (Å²) in [5.41, 5.74) is 1.83. The highest BCUT2D eigenvalue weighted by atomic mass is 16.2. The lowest BCUT2D eigenvalue weighted by atomic mass is 10.3. The average Bonchev–Trinajstić information content (AvgIpc) is 2.94. The summed E-state index contributed by atoms with van der Waals surface area (Å²) in [5.74, 6) is 0.0609. The molecule has 0 spiro atoms. The van der Waals surface area contributed by atoms with Crippen LogP contribution in [0.5, 0.6) is 0 Å². The van der Waals surface area contributed by atoms with Gasteiger partial charge in [-0.25, -0.2) is 0 Å². The van der Waals surface area contributed by atoms with Crippen LogP contribution in [0.25, 0.3) is 0 Å². The van der Waals surface area contributed by atoms with Gasteiger partial charge in [0.05, 0.1) is 11.4 Å². The van der Waals surface area contributed by atoms with Crippen LogP contribution in [0.2, 0.25) is 0 Å². The Labute approximate surface area is 95.2 Å². The zero-order valence-electron chi connectivity index (χ0n) is 9.95. The van der Waals surface area contributed by atoms with Gasteiger partial charge in [0.1, 0.15) is 6.04 Å². The molecular formula is C11H18N4O. The fourth-order valence-corrected chi connectivity index (χ4v) is 1.59. The van der Waals surface area contributed by atoms with E-state index in [1.807, 2.05) is 27.1 Å². The van der Waals surface area contributed by atoms with Gasteiger partial charge in [-0.2, -0.15) is 5.10 Å². The number of nitrogens with one attached hydrogen (secondary N) is 2. The number of amides is 1. The van der Waals surface area contributed by atoms with Crippen molar-refractivity contribution >= 4 is 11.6 Å². The van der Waals surface area contributed by atoms with Crippen molar-refractivity contribution in [2.45, 2.75) is 38.8 Å². The second-order valence-electron chi connectivity index (χ2n) is 4.45. The van der Waals surface area contributed by atoms with E-state index in [9.17, 15) is 4.79 Å². The monoisotopic (exact) mass is 222 g/mol. The van der Waals surface area contributed by atoms with Crippen LogP contribution >= 0.6 is 0 Å². The van der Waals surface area contributed by atoms with Gasteiger partial charge in [0, 0.05) is 19.3 Å². The van der Waals surface area contributed by atoms with E-state index in [0.29, 0.717) is 6.04 Å². The van der Waals surface area contributed by atoms with E-state index in [1.165, 1.54) is 0 Å². The molecule has 1 aliphatic carbocycles. The maximum Gasteiger partial charge on any atom is 0.242 e. The standard InChI is InChI=1S/C11H18N4O/c1-7-10(6-15(3)14-7)12-8(2)11(16)13-9-4-5-9/h6,8-9,12H,4-5H2,1-3H3,(H,13,16). The normalized spacial score (nSPS) is 16.9. The van der Waals surface area contributed by atoms with E-state index in [2.05, 4.69) is 15.7 Å². The Morgan fingerprint density at radius 3 is 2.81 bits per heavy atom. The third-order valence-corrected chi connectivity index (χ3v) is 2.70. The summed E-state index contributed by atoms with van der Waals surface area (Å²) in [6, 6.07) is 0.190. The zero-order valence-corrected chi connectivity index (χ0v) is 9.95. The molecule has 1 aromatic rings. The van der Waals surface area contributed by atoms with Crippen LogP contribution in [-0.2, 0) is 11.8 Å². The number of anilines is 1. The first-order chi connectivity index (χ1) is 7.56. The maximum atomic E-state index is 11.7. The smallest absolute Gasteiger partial charge is 0.242 e. The molecule has 2 rings (SSSR count). The molecule has 0 aliphatic heterocycles. The number of aromatic nitrogens is 2. The predicted molar refractivity (Wildman–Crippen MR) is 62.2 cm³/mol. The number of carbonyl (C=O) groups is 1. The first-order valence-corrected chi connectivity index (χ1v) is 5.63. The summed E-state index contributed by atoms with van der Waals surface area (Å²) in [4.78, 5) is 11.7. The molecule has 0 aromatic carbocycles. The van der Waals surface area contributed by atoms with Gasteiger partial charge in [0.25, 0.3) is 0 Å². The molecule has 0 radical (unpaired) electrons. The van der Waals surface area contributed by atoms with Gasteiger partial charge in [-0.3, -0.25) is 9.48 Å². The Morgan fingerprint density at radius 2 is 2.31 bits per heavy atom. The minimum Gasteiger partial charge on any atom is -0.371 e. The van der Waals surface area contributed by atoms with E-state index in [0.717, 1.165) is 24.2 Å². The summed E-state index contributed by atoms with van der Waals surface area (Å²) in [6.07, 6.45) is 4.12. The number of carbonyl (C=O) groups excluding carboxylic acids is 1. The second kappa shape index (κ2) is 4.15. The van der Waals surface area contributed by atoms with Gasteiger partial charge in [-0.05, 0) is 26.7 Å². The Bertz CT molecular complexity index is 395. The van der Waals surface area contributed by atoms with Crippen molar-refractivity contribution in [2.75, 3.05) is 5.32 Å². The average molecular weight is 222 g/mol. The molecule has 1 fully saturated rings. The number of nitrogens with zero attached hydrogens (tertiary/aromatic N) is 2. The van der Waals surface area contributed by atoms with Crippen molar-refractivity contribution in [1.82, 2.24) is 15.1 Å². The largest absolute Gasteiger partial charge is 0.371 e. The van der Waals surface area contributed by atoms with Gasteiger partial charge in [-0.15, -0.1) is 0 Å². The van der Waals surface area contributed by atoms with Crippen LogP contribution < -0.4 is 10.6 Å². The van der Waals surface area contributed by atoms with Crippen molar-refractivity contribution < 1.29 is 4.79 Å². The predicted octanol–water partition coefficient (Wildman–Crippen LogP) is 0.808. The molecule has 5 nitrogen and oxygen atoms in total. The van der Waals surface area contributed by atoms with Crippen molar-refractivity contribution in [1.29, 1.82) is 0 Å². The minimum absolute atomic E-state index is 0.0609. The van der Waals surface area contributed by atoms with E-state index < -0.39 is 0 Å². The molecule has 0 saturated heterocycles. The lowest BCUT2D eigenvalue weighted by Gasteiger charge is -2.13. The van der Waals surface area contributed by atoms with E-state index >= 15 is 0 Å². The molecule has 1 unspecified atom stereocenters. The Morgan fingerprint density at radius 1 is 1.62 bits per heavy atom. The molecule has 1 amide bonds. The Hall–Kier alpha value is -1.52. The van der Waals surface area contributed by atoms with Gasteiger partial charge in [0.2, 0.25) is 5.91 Å². The highest BCUT2D eigenvalue weighted by Gasteiger charge is 2.25. The van der Waals surface area contributed by atoms with Crippen molar-refractivity contribution in [3.05, 3.63) is 11.9 Å². The van der Waals surface area contributed by atoms with Crippen molar-refractivity contribution in [2.24, 2.45) is 7.05 Å². The number of aryl methyl sites for hydroxylation is 2. The quantitative estimate of drug-likeness (QED) is 0.792. The van der Waals surface area contributed by atoms with Crippen molar-refractivity contribution in [3.8, 4) is 0 Å². The summed E-state index contributed by atoms with van der Waals surface area (Å²) < 4.78 is 1.74. The fraction of sp³-hybridized carbons (Fsp3) is 0.636. The van der Waals surface area contributed by atoms with Crippen LogP contribution in [-0.4, -0.2) is 27.8 Å². The molecule has 1 atom stereocenters. The first kappa shape index (κ1) is 11.0. The summed E-state index contributed by atoms with van der Waals surface area (Å²) >= 11 is 0. The first-order valence-electron chi connectivity index (χ1n) is 5.63. The van der Waals surface area contributed by atoms with Crippen LogP contribution in [0.1, 0.15) is 25.5 Å². The molecule has 1 heterocycles. The number of hydrogen-bond donors (Lipinski definition) is 2. The molecule has 1 aromatic heterocycles. The van der Waals surface area contributed by atoms with E-state index in [4.69, 9.17) is 0 Å². The van der Waals surface area contributed by atoms with Crippen molar-refractivity contribution in [3.63, 3.8) is 0 Å². The molecule has 88 valence electrons. The maximum absolute atomic E-state index is 11.7. The second-order valence-corrected chi connectivity index (χ2v) is 4.45. The molecule has 1 aliphatic rings. The summed E-state index contributed by atoms with van der Waals surface area (Å²) in [6.45, 7) is 3.79. The minimum atomic E-state index is -0.219. The lowest BCUT2D eigenvalue weighted by molar-refractivity contribution is -0.121. The van der Waals surface area contributed by atoms with Crippen LogP contribution in [0.4, 0.5) is 5.69 Å². The highest BCUT2D eigenvalue weighted by molar-refractivity contribution is 5.84. The molecular weight excluding hydrogens is 204 g/mol. The van der Waals surface area contributed by atoms with Gasteiger partial charge in [-0.1, -0.05) is 0 Å². The third-order valence-electron chi connectivity index (χ3n) is 2.70. The molecule has 2 N–H and O–H groups in total.